The number of aromatic nitrogens is 3. The van der Waals surface area contributed by atoms with Gasteiger partial charge in [-0.1, -0.05) is 6.07 Å². The van der Waals surface area contributed by atoms with E-state index >= 15 is 0 Å². The molecule has 0 spiro atoms. The van der Waals surface area contributed by atoms with Crippen LogP contribution in [0, 0.1) is 0 Å². The fraction of sp³-hybridized carbons (Fsp3) is 0.167. The molecule has 2 heterocycles. The second kappa shape index (κ2) is 5.55. The van der Waals surface area contributed by atoms with Crippen LogP contribution >= 0.6 is 0 Å². The van der Waals surface area contributed by atoms with Crippen molar-refractivity contribution < 1.29 is 18.7 Å². The molecule has 0 atom stereocenters. The zero-order valence-corrected chi connectivity index (χ0v) is 10.1. The highest BCUT2D eigenvalue weighted by molar-refractivity contribution is 5.85. The van der Waals surface area contributed by atoms with Crippen LogP contribution in [-0.4, -0.2) is 32.6 Å². The maximum absolute atomic E-state index is 13.8. The summed E-state index contributed by atoms with van der Waals surface area (Å²) in [5, 5.41) is 11.0. The summed E-state index contributed by atoms with van der Waals surface area (Å²) in [6.07, 6.45) is 2.45. The predicted octanol–water partition coefficient (Wildman–Crippen LogP) is 1.77. The first kappa shape index (κ1) is 13.8. The number of nitrogens with one attached hydrogen (secondary N) is 1. The molecule has 2 aromatic heterocycles. The molecule has 0 unspecified atom stereocenters. The van der Waals surface area contributed by atoms with Gasteiger partial charge in [0.15, 0.2) is 5.69 Å². The van der Waals surface area contributed by atoms with Gasteiger partial charge in [0.2, 0.25) is 5.95 Å². The van der Waals surface area contributed by atoms with Crippen molar-refractivity contribution in [2.45, 2.75) is 5.92 Å². The number of alkyl halides is 2. The zero-order valence-electron chi connectivity index (χ0n) is 10.1. The summed E-state index contributed by atoms with van der Waals surface area (Å²) >= 11 is 0. The first-order valence-corrected chi connectivity index (χ1v) is 5.58. The standard InChI is InChI=1S/C12H10F2N4O2/c13-12(14,9-3-1-2-5-15-9)7-17-11-16-6-4-8(18-11)10(19)20/h1-6H,7H2,(H,19,20)(H,16,17,18). The Morgan fingerprint density at radius 1 is 1.25 bits per heavy atom. The highest BCUT2D eigenvalue weighted by atomic mass is 19.3. The SMILES string of the molecule is O=C(O)c1ccnc(NCC(F)(F)c2ccccn2)n1. The lowest BCUT2D eigenvalue weighted by Gasteiger charge is -2.16. The van der Waals surface area contributed by atoms with E-state index in [2.05, 4.69) is 20.3 Å². The number of hydrogen-bond donors (Lipinski definition) is 2. The van der Waals surface area contributed by atoms with E-state index in [1.54, 1.807) is 0 Å². The van der Waals surface area contributed by atoms with Crippen LogP contribution in [0.3, 0.4) is 0 Å². The Balaban J connectivity index is 2.08. The average molecular weight is 280 g/mol. The molecule has 2 rings (SSSR count). The number of carboxylic acids is 1. The van der Waals surface area contributed by atoms with Crippen LogP contribution in [0.5, 0.6) is 0 Å². The lowest BCUT2D eigenvalue weighted by atomic mass is 10.2. The van der Waals surface area contributed by atoms with Crippen molar-refractivity contribution in [3.8, 4) is 0 Å². The Kier molecular flexibility index (Phi) is 3.83. The summed E-state index contributed by atoms with van der Waals surface area (Å²) in [7, 11) is 0. The molecule has 0 saturated heterocycles. The van der Waals surface area contributed by atoms with Gasteiger partial charge in [-0.3, -0.25) is 4.98 Å². The number of rotatable bonds is 5. The largest absolute Gasteiger partial charge is 0.477 e. The molecule has 2 N–H and O–H groups in total. The molecule has 8 heteroatoms. The first-order valence-electron chi connectivity index (χ1n) is 5.58. The summed E-state index contributed by atoms with van der Waals surface area (Å²) < 4.78 is 27.6. The summed E-state index contributed by atoms with van der Waals surface area (Å²) in [5.74, 6) is -4.66. The molecule has 0 aliphatic heterocycles. The Labute approximate surface area is 112 Å². The molecule has 0 radical (unpaired) electrons. The predicted molar refractivity (Wildman–Crippen MR) is 65.6 cm³/mol. The number of anilines is 1. The number of carbonyl (C=O) groups is 1. The number of hydrogen-bond acceptors (Lipinski definition) is 5. The molecule has 6 nitrogen and oxygen atoms in total. The molecule has 2 aromatic rings. The molecule has 0 saturated carbocycles. The van der Waals surface area contributed by atoms with Crippen LogP contribution in [0.1, 0.15) is 16.2 Å². The first-order chi connectivity index (χ1) is 9.49. The summed E-state index contributed by atoms with van der Waals surface area (Å²) in [4.78, 5) is 21.6. The number of halogens is 2. The highest BCUT2D eigenvalue weighted by Crippen LogP contribution is 2.25. The van der Waals surface area contributed by atoms with Crippen molar-refractivity contribution in [3.05, 3.63) is 48.0 Å². The average Bonchev–Trinajstić information content (AvgIpc) is 2.46. The molecule has 0 aliphatic rings. The van der Waals surface area contributed by atoms with Gasteiger partial charge in [0.1, 0.15) is 5.69 Å². The van der Waals surface area contributed by atoms with Gasteiger partial charge in [0, 0.05) is 12.4 Å². The molecule has 0 amide bonds. The number of carboxylic acid groups (broad SMARTS) is 1. The van der Waals surface area contributed by atoms with E-state index < -0.39 is 18.4 Å². The second-order valence-corrected chi connectivity index (χ2v) is 3.84. The molecule has 0 bridgehead atoms. The molecular weight excluding hydrogens is 270 g/mol. The van der Waals surface area contributed by atoms with Crippen molar-refractivity contribution in [3.63, 3.8) is 0 Å². The number of nitrogens with zero attached hydrogens (tertiary/aromatic N) is 3. The van der Waals surface area contributed by atoms with Crippen LogP contribution in [0.25, 0.3) is 0 Å². The lowest BCUT2D eigenvalue weighted by Crippen LogP contribution is -2.26. The molecule has 20 heavy (non-hydrogen) atoms. The Morgan fingerprint density at radius 2 is 2.05 bits per heavy atom. The van der Waals surface area contributed by atoms with Crippen LogP contribution < -0.4 is 5.32 Å². The van der Waals surface area contributed by atoms with Crippen molar-refractivity contribution in [1.82, 2.24) is 15.0 Å². The minimum Gasteiger partial charge on any atom is -0.477 e. The van der Waals surface area contributed by atoms with Crippen LogP contribution in [-0.2, 0) is 5.92 Å². The number of aromatic carboxylic acids is 1. The van der Waals surface area contributed by atoms with E-state index in [4.69, 9.17) is 5.11 Å². The third-order valence-corrected chi connectivity index (χ3v) is 2.38. The Morgan fingerprint density at radius 3 is 2.70 bits per heavy atom. The van der Waals surface area contributed by atoms with Gasteiger partial charge in [-0.25, -0.2) is 14.8 Å². The van der Waals surface area contributed by atoms with E-state index in [1.165, 1.54) is 36.7 Å². The van der Waals surface area contributed by atoms with E-state index in [-0.39, 0.29) is 17.3 Å². The van der Waals surface area contributed by atoms with Gasteiger partial charge in [-0.15, -0.1) is 0 Å². The van der Waals surface area contributed by atoms with Gasteiger partial charge in [0.25, 0.3) is 0 Å². The van der Waals surface area contributed by atoms with Gasteiger partial charge in [-0.05, 0) is 18.2 Å². The fourth-order valence-corrected chi connectivity index (χ4v) is 1.42. The third kappa shape index (κ3) is 3.22. The minimum absolute atomic E-state index is 0.180. The highest BCUT2D eigenvalue weighted by Gasteiger charge is 2.33. The maximum Gasteiger partial charge on any atom is 0.354 e. The molecule has 0 aliphatic carbocycles. The maximum atomic E-state index is 13.8. The minimum atomic E-state index is -3.22. The lowest BCUT2D eigenvalue weighted by molar-refractivity contribution is 0.00583. The van der Waals surface area contributed by atoms with Gasteiger partial charge in [-0.2, -0.15) is 8.78 Å². The normalized spacial score (nSPS) is 11.1. The van der Waals surface area contributed by atoms with Crippen LogP contribution in [0.4, 0.5) is 14.7 Å². The zero-order chi connectivity index (χ0) is 14.6. The van der Waals surface area contributed by atoms with Crippen molar-refractivity contribution >= 4 is 11.9 Å². The second-order valence-electron chi connectivity index (χ2n) is 3.84. The smallest absolute Gasteiger partial charge is 0.354 e. The number of pyridine rings is 1. The third-order valence-electron chi connectivity index (χ3n) is 2.38. The van der Waals surface area contributed by atoms with Crippen LogP contribution in [0.15, 0.2) is 36.7 Å². The van der Waals surface area contributed by atoms with Gasteiger partial charge >= 0.3 is 11.9 Å². The van der Waals surface area contributed by atoms with E-state index in [0.717, 1.165) is 0 Å². The molecule has 0 aromatic carbocycles. The molecular formula is C12H10F2N4O2. The van der Waals surface area contributed by atoms with Crippen LogP contribution in [0.2, 0.25) is 0 Å². The Bertz CT molecular complexity index is 607. The van der Waals surface area contributed by atoms with Gasteiger partial charge in [0.05, 0.1) is 6.54 Å². The van der Waals surface area contributed by atoms with Crippen molar-refractivity contribution in [2.24, 2.45) is 0 Å². The molecule has 0 fully saturated rings. The van der Waals surface area contributed by atoms with E-state index in [9.17, 15) is 13.6 Å². The topological polar surface area (TPSA) is 88.0 Å². The van der Waals surface area contributed by atoms with Crippen molar-refractivity contribution in [2.75, 3.05) is 11.9 Å². The van der Waals surface area contributed by atoms with E-state index in [1.807, 2.05) is 0 Å². The van der Waals surface area contributed by atoms with E-state index in [0.29, 0.717) is 0 Å². The summed E-state index contributed by atoms with van der Waals surface area (Å²) in [5.41, 5.74) is -0.662. The quantitative estimate of drug-likeness (QED) is 0.867. The summed E-state index contributed by atoms with van der Waals surface area (Å²) in [6.45, 7) is -0.785. The van der Waals surface area contributed by atoms with Gasteiger partial charge < -0.3 is 10.4 Å². The fourth-order valence-electron chi connectivity index (χ4n) is 1.42. The monoisotopic (exact) mass is 280 g/mol. The summed E-state index contributed by atoms with van der Waals surface area (Å²) in [6, 6.07) is 5.37. The molecule has 104 valence electrons. The van der Waals surface area contributed by atoms with Crippen molar-refractivity contribution in [1.29, 1.82) is 0 Å². The Hall–Kier alpha value is -2.64.